The number of unbranched alkanes of at least 4 members (excludes halogenated alkanes) is 1. The maximum atomic E-state index is 13.2. The maximum absolute atomic E-state index is 13.2. The summed E-state index contributed by atoms with van der Waals surface area (Å²) < 4.78 is 32.7. The molecule has 0 atom stereocenters. The van der Waals surface area contributed by atoms with E-state index >= 15 is 0 Å². The van der Waals surface area contributed by atoms with Crippen LogP contribution in [0.5, 0.6) is 0 Å². The van der Waals surface area contributed by atoms with Gasteiger partial charge in [-0.25, -0.2) is 32.8 Å². The molecule has 0 saturated carbocycles. The normalized spacial score (nSPS) is 13.6. The predicted molar refractivity (Wildman–Crippen MR) is 140 cm³/mol. The average Bonchev–Trinajstić information content (AvgIpc) is 3.12. The summed E-state index contributed by atoms with van der Waals surface area (Å²) in [6.45, 7) is 2.16. The first-order valence-electron chi connectivity index (χ1n) is 11.4. The number of para-hydroxylation sites is 1. The lowest BCUT2D eigenvalue weighted by molar-refractivity contribution is -0.120. The van der Waals surface area contributed by atoms with Crippen LogP contribution in [0.2, 0.25) is 0 Å². The molecule has 38 heavy (non-hydrogen) atoms. The van der Waals surface area contributed by atoms with Crippen molar-refractivity contribution in [3.05, 3.63) is 83.3 Å². The average molecular weight is 556 g/mol. The van der Waals surface area contributed by atoms with E-state index in [4.69, 9.17) is 16.3 Å². The minimum absolute atomic E-state index is 0.0367. The number of sulfonamides is 1. The van der Waals surface area contributed by atoms with Crippen molar-refractivity contribution >= 4 is 56.7 Å². The zero-order chi connectivity index (χ0) is 27.3. The van der Waals surface area contributed by atoms with E-state index in [1.165, 1.54) is 48.8 Å². The van der Waals surface area contributed by atoms with Gasteiger partial charge in [0.2, 0.25) is 5.95 Å². The van der Waals surface area contributed by atoms with Crippen molar-refractivity contribution < 1.29 is 27.5 Å². The molecular formula is C25H22ClN5O6S. The highest BCUT2D eigenvalue weighted by molar-refractivity contribution is 7.92. The van der Waals surface area contributed by atoms with Gasteiger partial charge in [0.1, 0.15) is 10.7 Å². The van der Waals surface area contributed by atoms with E-state index in [1.807, 2.05) is 6.92 Å². The number of amides is 2. The zero-order valence-electron chi connectivity index (χ0n) is 20.0. The highest BCUT2D eigenvalue weighted by atomic mass is 35.5. The summed E-state index contributed by atoms with van der Waals surface area (Å²) in [7, 11) is -3.97. The number of anilines is 3. The first kappa shape index (κ1) is 26.8. The quantitative estimate of drug-likeness (QED) is 0.217. The van der Waals surface area contributed by atoms with Gasteiger partial charge in [-0.1, -0.05) is 37.1 Å². The molecular weight excluding hydrogens is 534 g/mol. The first-order chi connectivity index (χ1) is 18.2. The fourth-order valence-corrected chi connectivity index (χ4v) is 4.62. The second-order valence-electron chi connectivity index (χ2n) is 7.97. The monoisotopic (exact) mass is 555 g/mol. The molecule has 2 aromatic carbocycles. The van der Waals surface area contributed by atoms with Crippen LogP contribution in [-0.2, 0) is 24.3 Å². The molecule has 4 rings (SSSR count). The molecule has 0 bridgehead atoms. The molecule has 13 heteroatoms. The van der Waals surface area contributed by atoms with Crippen LogP contribution >= 0.6 is 11.6 Å². The molecule has 0 radical (unpaired) electrons. The van der Waals surface area contributed by atoms with Crippen LogP contribution in [0, 0.1) is 0 Å². The molecule has 0 fully saturated rings. The summed E-state index contributed by atoms with van der Waals surface area (Å²) in [6.07, 6.45) is 4.29. The van der Waals surface area contributed by atoms with E-state index in [2.05, 4.69) is 20.0 Å². The number of carbonyl (C=O) groups is 3. The van der Waals surface area contributed by atoms with Gasteiger partial charge < -0.3 is 10.1 Å². The van der Waals surface area contributed by atoms with Crippen LogP contribution in [0.15, 0.2) is 82.6 Å². The Morgan fingerprint density at radius 2 is 1.68 bits per heavy atom. The molecule has 0 unspecified atom stereocenters. The summed E-state index contributed by atoms with van der Waals surface area (Å²) in [4.78, 5) is 47.1. The molecule has 0 saturated heterocycles. The molecule has 196 valence electrons. The SMILES string of the molecule is CCCCOC(=O)c1ccccc1N1C(=O)C(Cl)=C(Nc2ccc(S(=O)(=O)Nc3ncccn3)cc2)C1=O. The number of nitrogens with zero attached hydrogens (tertiary/aromatic N) is 3. The fraction of sp³-hybridized carbons (Fsp3) is 0.160. The molecule has 1 aromatic heterocycles. The van der Waals surface area contributed by atoms with Crippen LogP contribution in [0.1, 0.15) is 30.1 Å². The smallest absolute Gasteiger partial charge is 0.340 e. The highest BCUT2D eigenvalue weighted by Gasteiger charge is 2.40. The summed E-state index contributed by atoms with van der Waals surface area (Å²) >= 11 is 6.22. The topological polar surface area (TPSA) is 148 Å². The van der Waals surface area contributed by atoms with Gasteiger partial charge in [-0.2, -0.15) is 0 Å². The number of hydrogen-bond acceptors (Lipinski definition) is 9. The van der Waals surface area contributed by atoms with E-state index < -0.39 is 27.8 Å². The van der Waals surface area contributed by atoms with Crippen molar-refractivity contribution in [2.24, 2.45) is 0 Å². The van der Waals surface area contributed by atoms with E-state index in [-0.39, 0.29) is 39.4 Å². The lowest BCUT2D eigenvalue weighted by Crippen LogP contribution is -2.33. The maximum Gasteiger partial charge on any atom is 0.340 e. The van der Waals surface area contributed by atoms with Gasteiger partial charge in [0, 0.05) is 18.1 Å². The van der Waals surface area contributed by atoms with E-state index in [1.54, 1.807) is 18.2 Å². The molecule has 2 N–H and O–H groups in total. The van der Waals surface area contributed by atoms with Crippen LogP contribution < -0.4 is 14.9 Å². The van der Waals surface area contributed by atoms with Gasteiger partial charge in [0.05, 0.1) is 22.8 Å². The molecule has 2 heterocycles. The Hall–Kier alpha value is -4.29. The van der Waals surface area contributed by atoms with Gasteiger partial charge in [-0.15, -0.1) is 0 Å². The number of esters is 1. The Kier molecular flexibility index (Phi) is 8.03. The number of imide groups is 1. The Labute approximate surface area is 223 Å². The summed E-state index contributed by atoms with van der Waals surface area (Å²) in [5.74, 6) is -2.36. The number of halogens is 1. The number of aromatic nitrogens is 2. The third-order valence-corrected chi connectivity index (χ3v) is 7.04. The third kappa shape index (κ3) is 5.66. The first-order valence-corrected chi connectivity index (χ1v) is 13.3. The molecule has 11 nitrogen and oxygen atoms in total. The Bertz CT molecular complexity index is 1510. The Morgan fingerprint density at radius 3 is 2.37 bits per heavy atom. The van der Waals surface area contributed by atoms with Crippen LogP contribution in [-0.4, -0.2) is 42.8 Å². The lowest BCUT2D eigenvalue weighted by atomic mass is 10.1. The molecule has 0 spiro atoms. The van der Waals surface area contributed by atoms with Gasteiger partial charge in [0.25, 0.3) is 21.8 Å². The number of rotatable bonds is 10. The second kappa shape index (κ2) is 11.4. The molecule has 1 aliphatic rings. The summed E-state index contributed by atoms with van der Waals surface area (Å²) in [5, 5.41) is 2.38. The van der Waals surface area contributed by atoms with Crippen molar-refractivity contribution in [1.29, 1.82) is 0 Å². The van der Waals surface area contributed by atoms with Gasteiger partial charge in [-0.05, 0) is 48.9 Å². The number of ether oxygens (including phenoxy) is 1. The van der Waals surface area contributed by atoms with Gasteiger partial charge in [0.15, 0.2) is 0 Å². The lowest BCUT2D eigenvalue weighted by Gasteiger charge is -2.18. The van der Waals surface area contributed by atoms with Gasteiger partial charge >= 0.3 is 5.97 Å². The molecule has 1 aliphatic heterocycles. The number of carbonyl (C=O) groups excluding carboxylic acids is 3. The third-order valence-electron chi connectivity index (χ3n) is 5.35. The van der Waals surface area contributed by atoms with Crippen molar-refractivity contribution in [2.45, 2.75) is 24.7 Å². The standard InChI is InChI=1S/C25H22ClN5O6S/c1-2-3-15-37-24(34)18-7-4-5-8-19(18)31-22(32)20(26)21(23(31)33)29-16-9-11-17(12-10-16)38(35,36)30-25-27-13-6-14-28-25/h4-14,29H,2-3,15H2,1H3,(H,27,28,30). The van der Waals surface area contributed by atoms with Crippen LogP contribution in [0.25, 0.3) is 0 Å². The summed E-state index contributed by atoms with van der Waals surface area (Å²) in [6, 6.07) is 13.0. The van der Waals surface area contributed by atoms with Crippen molar-refractivity contribution in [3.8, 4) is 0 Å². The minimum atomic E-state index is -3.97. The predicted octanol–water partition coefficient (Wildman–Crippen LogP) is 3.67. The van der Waals surface area contributed by atoms with E-state index in [9.17, 15) is 22.8 Å². The molecule has 2 amide bonds. The molecule has 3 aromatic rings. The van der Waals surface area contributed by atoms with Crippen molar-refractivity contribution in [2.75, 3.05) is 21.5 Å². The van der Waals surface area contributed by atoms with Crippen molar-refractivity contribution in [1.82, 2.24) is 9.97 Å². The van der Waals surface area contributed by atoms with E-state index in [0.717, 1.165) is 11.3 Å². The Morgan fingerprint density at radius 1 is 1.00 bits per heavy atom. The fourth-order valence-electron chi connectivity index (χ4n) is 3.45. The number of benzene rings is 2. The summed E-state index contributed by atoms with van der Waals surface area (Å²) in [5.41, 5.74) is 0.149. The second-order valence-corrected chi connectivity index (χ2v) is 10.0. The number of nitrogens with one attached hydrogen (secondary N) is 2. The number of hydrogen-bond donors (Lipinski definition) is 2. The largest absolute Gasteiger partial charge is 0.462 e. The van der Waals surface area contributed by atoms with Crippen LogP contribution in [0.3, 0.4) is 0 Å². The van der Waals surface area contributed by atoms with Crippen LogP contribution in [0.4, 0.5) is 17.3 Å². The Balaban J connectivity index is 1.52. The minimum Gasteiger partial charge on any atom is -0.462 e. The zero-order valence-corrected chi connectivity index (χ0v) is 21.6. The van der Waals surface area contributed by atoms with E-state index in [0.29, 0.717) is 12.1 Å². The highest BCUT2D eigenvalue weighted by Crippen LogP contribution is 2.32. The molecule has 0 aliphatic carbocycles. The van der Waals surface area contributed by atoms with Crippen molar-refractivity contribution in [3.63, 3.8) is 0 Å². The van der Waals surface area contributed by atoms with Gasteiger partial charge in [-0.3, -0.25) is 9.59 Å².